The average molecular weight is 610 g/mol. The lowest BCUT2D eigenvalue weighted by Gasteiger charge is -2.24. The zero-order chi connectivity index (χ0) is 30.6. The Labute approximate surface area is 251 Å². The van der Waals surface area contributed by atoms with Crippen LogP contribution in [0.5, 0.6) is 0 Å². The van der Waals surface area contributed by atoms with Gasteiger partial charge in [0.1, 0.15) is 16.9 Å². The highest BCUT2D eigenvalue weighted by Crippen LogP contribution is 2.36. The molecule has 5 N–H and O–H groups in total. The minimum atomic E-state index is -3.63. The molecule has 1 aliphatic carbocycles. The van der Waals surface area contributed by atoms with Gasteiger partial charge in [0, 0.05) is 40.2 Å². The van der Waals surface area contributed by atoms with Crippen molar-refractivity contribution in [2.24, 2.45) is 11.7 Å². The number of sulfone groups is 1. The molecule has 222 valence electrons. The standard InChI is InChI=1S/C32H28FN7O3S/c1-44(42,43)31(34)19-8-18(9-21(33)10-19)23-6-3-7-26-24(23)12-28(38-26)30-25-13-27(36-16-29(25)39-40-30)20-11-22(15-35-14-20)37-32(41)17-4-2-5-17/h3,6-17,31,38H,2,4-5,34H2,1H3,(H,37,41)(H,39,40). The van der Waals surface area contributed by atoms with Gasteiger partial charge in [0.2, 0.25) is 5.91 Å². The minimum absolute atomic E-state index is 0.0154. The number of hydrogen-bond acceptors (Lipinski definition) is 7. The number of hydrogen-bond donors (Lipinski definition) is 4. The maximum absolute atomic E-state index is 14.7. The molecule has 1 aliphatic rings. The molecule has 6 aromatic rings. The second-order valence-corrected chi connectivity index (χ2v) is 13.4. The first-order valence-electron chi connectivity index (χ1n) is 14.1. The number of H-pyrrole nitrogens is 2. The summed E-state index contributed by atoms with van der Waals surface area (Å²) >= 11 is 0. The molecule has 1 atom stereocenters. The van der Waals surface area contributed by atoms with Gasteiger partial charge in [-0.2, -0.15) is 5.10 Å². The summed E-state index contributed by atoms with van der Waals surface area (Å²) in [6.07, 6.45) is 8.96. The van der Waals surface area contributed by atoms with Crippen LogP contribution in [0.15, 0.2) is 73.2 Å². The molecule has 1 fully saturated rings. The van der Waals surface area contributed by atoms with Crippen molar-refractivity contribution in [3.8, 4) is 33.8 Å². The van der Waals surface area contributed by atoms with Crippen molar-refractivity contribution in [3.63, 3.8) is 0 Å². The van der Waals surface area contributed by atoms with Crippen molar-refractivity contribution < 1.29 is 17.6 Å². The van der Waals surface area contributed by atoms with Gasteiger partial charge in [0.15, 0.2) is 9.84 Å². The monoisotopic (exact) mass is 609 g/mol. The molecular formula is C32H28FN7O3S. The fourth-order valence-corrected chi connectivity index (χ4v) is 6.19. The van der Waals surface area contributed by atoms with E-state index in [9.17, 15) is 17.6 Å². The number of nitrogens with zero attached hydrogens (tertiary/aromatic N) is 3. The van der Waals surface area contributed by atoms with Crippen LogP contribution in [-0.2, 0) is 14.6 Å². The Balaban J connectivity index is 1.26. The molecule has 1 amide bonds. The number of amides is 1. The van der Waals surface area contributed by atoms with Gasteiger partial charge in [-0.25, -0.2) is 12.8 Å². The van der Waals surface area contributed by atoms with Gasteiger partial charge < -0.3 is 16.0 Å². The second-order valence-electron chi connectivity index (χ2n) is 11.2. The Kier molecular flexibility index (Phi) is 6.74. The lowest BCUT2D eigenvalue weighted by Crippen LogP contribution is -2.28. The highest BCUT2D eigenvalue weighted by molar-refractivity contribution is 7.90. The maximum atomic E-state index is 14.7. The van der Waals surface area contributed by atoms with Crippen molar-refractivity contribution >= 4 is 43.2 Å². The van der Waals surface area contributed by atoms with E-state index in [-0.39, 0.29) is 17.4 Å². The Morgan fingerprint density at radius 2 is 1.86 bits per heavy atom. The van der Waals surface area contributed by atoms with Crippen LogP contribution in [0.4, 0.5) is 10.1 Å². The fraction of sp³-hybridized carbons (Fsp3) is 0.188. The summed E-state index contributed by atoms with van der Waals surface area (Å²) in [5.41, 5.74) is 12.3. The summed E-state index contributed by atoms with van der Waals surface area (Å²) in [4.78, 5) is 24.8. The molecular weight excluding hydrogens is 581 g/mol. The van der Waals surface area contributed by atoms with Crippen molar-refractivity contribution in [2.45, 2.75) is 24.6 Å². The van der Waals surface area contributed by atoms with E-state index in [2.05, 4.69) is 30.5 Å². The number of aromatic nitrogens is 5. The summed E-state index contributed by atoms with van der Waals surface area (Å²) in [6.45, 7) is 0. The number of anilines is 1. The Morgan fingerprint density at radius 3 is 2.64 bits per heavy atom. The van der Waals surface area contributed by atoms with Crippen molar-refractivity contribution in [3.05, 3.63) is 84.6 Å². The molecule has 0 radical (unpaired) electrons. The number of halogens is 1. The third-order valence-corrected chi connectivity index (χ3v) is 9.36. The predicted molar refractivity (Wildman–Crippen MR) is 168 cm³/mol. The van der Waals surface area contributed by atoms with Gasteiger partial charge in [-0.1, -0.05) is 18.6 Å². The predicted octanol–water partition coefficient (Wildman–Crippen LogP) is 5.71. The van der Waals surface area contributed by atoms with Gasteiger partial charge >= 0.3 is 0 Å². The quantitative estimate of drug-likeness (QED) is 0.180. The number of rotatable bonds is 7. The zero-order valence-electron chi connectivity index (χ0n) is 23.6. The molecule has 0 bridgehead atoms. The number of carbonyl (C=O) groups is 1. The second kappa shape index (κ2) is 10.6. The lowest BCUT2D eigenvalue weighted by atomic mass is 9.85. The molecule has 2 aromatic carbocycles. The number of benzene rings is 2. The van der Waals surface area contributed by atoms with E-state index in [0.29, 0.717) is 28.2 Å². The molecule has 0 saturated heterocycles. The number of nitrogens with two attached hydrogens (primary N) is 1. The van der Waals surface area contributed by atoms with Crippen LogP contribution in [0, 0.1) is 11.7 Å². The van der Waals surface area contributed by atoms with Crippen molar-refractivity contribution in [1.29, 1.82) is 0 Å². The van der Waals surface area contributed by atoms with Gasteiger partial charge in [-0.05, 0) is 72.0 Å². The number of fused-ring (bicyclic) bond motifs is 2. The first kappa shape index (κ1) is 27.9. The Bertz CT molecular complexity index is 2190. The van der Waals surface area contributed by atoms with E-state index in [0.717, 1.165) is 64.6 Å². The van der Waals surface area contributed by atoms with Crippen LogP contribution in [0.1, 0.15) is 30.2 Å². The fourth-order valence-electron chi connectivity index (χ4n) is 5.56. The highest BCUT2D eigenvalue weighted by Gasteiger charge is 2.25. The topological polar surface area (TPSA) is 160 Å². The molecule has 1 unspecified atom stereocenters. The molecule has 10 nitrogen and oxygen atoms in total. The zero-order valence-corrected chi connectivity index (χ0v) is 24.5. The van der Waals surface area contributed by atoms with Crippen LogP contribution < -0.4 is 11.1 Å². The maximum Gasteiger partial charge on any atom is 0.227 e. The molecule has 12 heteroatoms. The number of aromatic amines is 2. The van der Waals surface area contributed by atoms with E-state index in [4.69, 9.17) is 5.73 Å². The number of pyridine rings is 2. The smallest absolute Gasteiger partial charge is 0.227 e. The van der Waals surface area contributed by atoms with Crippen LogP contribution in [0.2, 0.25) is 0 Å². The van der Waals surface area contributed by atoms with E-state index < -0.39 is 21.0 Å². The Hall–Kier alpha value is -4.94. The van der Waals surface area contributed by atoms with E-state index in [1.54, 1.807) is 24.7 Å². The third-order valence-electron chi connectivity index (χ3n) is 8.16. The SMILES string of the molecule is CS(=O)(=O)C(N)c1cc(F)cc(-c2cccc3[nH]c(-c4n[nH]c5cnc(-c6cncc(NC(=O)C7CCC7)c6)cc45)cc23)c1. The molecule has 44 heavy (non-hydrogen) atoms. The number of carbonyl (C=O) groups excluding carboxylic acids is 1. The third kappa shape index (κ3) is 5.12. The molecule has 0 aliphatic heterocycles. The summed E-state index contributed by atoms with van der Waals surface area (Å²) in [7, 11) is -3.63. The van der Waals surface area contributed by atoms with Gasteiger partial charge in [-0.15, -0.1) is 0 Å². The van der Waals surface area contributed by atoms with Gasteiger partial charge in [-0.3, -0.25) is 19.9 Å². The van der Waals surface area contributed by atoms with Crippen LogP contribution in [-0.4, -0.2) is 45.7 Å². The van der Waals surface area contributed by atoms with Crippen LogP contribution in [0.3, 0.4) is 0 Å². The summed E-state index contributed by atoms with van der Waals surface area (Å²) in [5.74, 6) is -0.503. The highest BCUT2D eigenvalue weighted by atomic mass is 32.2. The molecule has 4 heterocycles. The molecule has 0 spiro atoms. The summed E-state index contributed by atoms with van der Waals surface area (Å²) < 4.78 is 38.8. The van der Waals surface area contributed by atoms with E-state index in [1.807, 2.05) is 36.4 Å². The minimum Gasteiger partial charge on any atom is -0.353 e. The van der Waals surface area contributed by atoms with E-state index >= 15 is 0 Å². The Morgan fingerprint density at radius 1 is 1.02 bits per heavy atom. The average Bonchev–Trinajstić information content (AvgIpc) is 3.59. The first-order valence-corrected chi connectivity index (χ1v) is 16.1. The molecule has 4 aromatic heterocycles. The van der Waals surface area contributed by atoms with Crippen LogP contribution >= 0.6 is 0 Å². The summed E-state index contributed by atoms with van der Waals surface area (Å²) in [5, 5.41) is 10.8. The first-order chi connectivity index (χ1) is 21.1. The van der Waals surface area contributed by atoms with Gasteiger partial charge in [0.25, 0.3) is 0 Å². The molecule has 1 saturated carbocycles. The molecule has 7 rings (SSSR count). The lowest BCUT2D eigenvalue weighted by molar-refractivity contribution is -0.122. The van der Waals surface area contributed by atoms with Crippen molar-refractivity contribution in [2.75, 3.05) is 11.6 Å². The van der Waals surface area contributed by atoms with Gasteiger partial charge in [0.05, 0.1) is 35.0 Å². The van der Waals surface area contributed by atoms with Crippen LogP contribution in [0.25, 0.3) is 55.6 Å². The largest absolute Gasteiger partial charge is 0.353 e. The number of nitrogens with one attached hydrogen (secondary N) is 3. The summed E-state index contributed by atoms with van der Waals surface area (Å²) in [6, 6.07) is 15.4. The van der Waals surface area contributed by atoms with E-state index in [1.165, 1.54) is 6.07 Å². The normalized spacial score (nSPS) is 14.5. The van der Waals surface area contributed by atoms with Crippen molar-refractivity contribution in [1.82, 2.24) is 25.1 Å².